The average Bonchev–Trinajstić information content (AvgIpc) is 3.20. The van der Waals surface area contributed by atoms with Crippen molar-refractivity contribution >= 4 is 45.8 Å². The molecule has 0 fully saturated rings. The van der Waals surface area contributed by atoms with E-state index in [1.54, 1.807) is 48.1 Å². The lowest BCUT2D eigenvalue weighted by Gasteiger charge is -2.15. The van der Waals surface area contributed by atoms with Crippen molar-refractivity contribution in [1.82, 2.24) is 15.0 Å². The van der Waals surface area contributed by atoms with E-state index in [1.165, 1.54) is 0 Å². The van der Waals surface area contributed by atoms with E-state index in [1.807, 2.05) is 31.2 Å². The van der Waals surface area contributed by atoms with E-state index in [4.69, 9.17) is 32.7 Å². The van der Waals surface area contributed by atoms with Crippen LogP contribution >= 0.6 is 23.2 Å². The van der Waals surface area contributed by atoms with Crippen molar-refractivity contribution in [3.05, 3.63) is 70.7 Å². The minimum Gasteiger partial charge on any atom is -0.494 e. The summed E-state index contributed by atoms with van der Waals surface area (Å²) in [4.78, 5) is 14.1. The molecule has 0 spiro atoms. The Morgan fingerprint density at radius 1 is 1.03 bits per heavy atom. The molecule has 4 rings (SSSR count). The Kier molecular flexibility index (Phi) is 6.48. The summed E-state index contributed by atoms with van der Waals surface area (Å²) in [6.45, 7) is 4.18. The Hall–Kier alpha value is -3.29. The maximum atomic E-state index is 12.6. The number of aromatic nitrogens is 3. The molecule has 1 atom stereocenters. The molecular weight excluding hydrogens is 451 g/mol. The van der Waals surface area contributed by atoms with Crippen molar-refractivity contribution in [3.63, 3.8) is 0 Å². The number of hydrogen-bond acceptors (Lipinski definition) is 5. The van der Waals surface area contributed by atoms with Crippen molar-refractivity contribution in [2.45, 2.75) is 20.0 Å². The number of anilines is 1. The van der Waals surface area contributed by atoms with E-state index in [0.717, 1.165) is 11.4 Å². The van der Waals surface area contributed by atoms with Crippen LogP contribution in [0.25, 0.3) is 16.7 Å². The first-order valence-corrected chi connectivity index (χ1v) is 10.7. The number of amides is 1. The van der Waals surface area contributed by atoms with Gasteiger partial charge in [-0.25, -0.2) is 0 Å². The van der Waals surface area contributed by atoms with Crippen LogP contribution in [0.3, 0.4) is 0 Å². The molecule has 4 aromatic rings. The average molecular weight is 471 g/mol. The maximum absolute atomic E-state index is 12.6. The number of hydrogen-bond donors (Lipinski definition) is 1. The summed E-state index contributed by atoms with van der Waals surface area (Å²) in [5.74, 6) is 0.843. The van der Waals surface area contributed by atoms with E-state index in [-0.39, 0.29) is 5.91 Å². The van der Waals surface area contributed by atoms with Crippen LogP contribution in [0, 0.1) is 0 Å². The molecule has 0 saturated carbocycles. The number of rotatable bonds is 7. The lowest BCUT2D eigenvalue weighted by Crippen LogP contribution is -2.30. The Balaban J connectivity index is 1.46. The largest absolute Gasteiger partial charge is 0.494 e. The highest BCUT2D eigenvalue weighted by molar-refractivity contribution is 6.35. The molecule has 1 unspecified atom stereocenters. The van der Waals surface area contributed by atoms with Crippen LogP contribution in [0.2, 0.25) is 10.0 Å². The van der Waals surface area contributed by atoms with Crippen LogP contribution in [0.1, 0.15) is 13.8 Å². The van der Waals surface area contributed by atoms with Gasteiger partial charge < -0.3 is 14.8 Å². The van der Waals surface area contributed by atoms with E-state index in [2.05, 4.69) is 15.5 Å². The van der Waals surface area contributed by atoms with Gasteiger partial charge in [-0.3, -0.25) is 4.79 Å². The molecule has 0 aliphatic carbocycles. The Morgan fingerprint density at radius 2 is 1.78 bits per heavy atom. The summed E-state index contributed by atoms with van der Waals surface area (Å²) >= 11 is 12.0. The van der Waals surface area contributed by atoms with Gasteiger partial charge in [0.15, 0.2) is 6.10 Å². The number of fused-ring (bicyclic) bond motifs is 1. The van der Waals surface area contributed by atoms with Crippen LogP contribution in [-0.2, 0) is 4.79 Å². The monoisotopic (exact) mass is 470 g/mol. The molecule has 32 heavy (non-hydrogen) atoms. The minimum absolute atomic E-state index is 0.325. The fourth-order valence-electron chi connectivity index (χ4n) is 3.01. The number of nitrogens with one attached hydrogen (secondary N) is 1. The zero-order valence-electron chi connectivity index (χ0n) is 17.4. The molecule has 164 valence electrons. The number of benzene rings is 3. The first kappa shape index (κ1) is 21.9. The van der Waals surface area contributed by atoms with Gasteiger partial charge >= 0.3 is 0 Å². The molecule has 3 aromatic carbocycles. The highest BCUT2D eigenvalue weighted by Gasteiger charge is 2.17. The molecule has 0 aliphatic heterocycles. The van der Waals surface area contributed by atoms with Gasteiger partial charge in [-0.15, -0.1) is 10.2 Å². The number of halogens is 2. The van der Waals surface area contributed by atoms with Crippen molar-refractivity contribution in [3.8, 4) is 17.2 Å². The standard InChI is InChI=1S/C23H20Cl2N4O3/c1-3-31-18-8-6-17(7-9-18)29-27-20-10-5-16(13-21(20)28-29)26-23(30)14(2)32-22-11-4-15(24)12-19(22)25/h4-14H,3H2,1-2H3,(H,26,30). The molecule has 9 heteroatoms. The minimum atomic E-state index is -0.774. The maximum Gasteiger partial charge on any atom is 0.265 e. The fourth-order valence-corrected chi connectivity index (χ4v) is 3.46. The predicted molar refractivity (Wildman–Crippen MR) is 125 cm³/mol. The number of ether oxygens (including phenoxy) is 2. The second kappa shape index (κ2) is 9.46. The van der Waals surface area contributed by atoms with Gasteiger partial charge in [0.05, 0.1) is 17.3 Å². The van der Waals surface area contributed by atoms with Crippen molar-refractivity contribution in [1.29, 1.82) is 0 Å². The highest BCUT2D eigenvalue weighted by atomic mass is 35.5. The third kappa shape index (κ3) is 4.95. The SMILES string of the molecule is CCOc1ccc(-n2nc3ccc(NC(=O)C(C)Oc4ccc(Cl)cc4Cl)cc3n2)cc1. The summed E-state index contributed by atoms with van der Waals surface area (Å²) in [5.41, 5.74) is 2.73. The van der Waals surface area contributed by atoms with Gasteiger partial charge in [0, 0.05) is 10.7 Å². The van der Waals surface area contributed by atoms with Crippen LogP contribution in [-0.4, -0.2) is 33.6 Å². The molecular formula is C23H20Cl2N4O3. The van der Waals surface area contributed by atoms with E-state index in [0.29, 0.717) is 39.1 Å². The topological polar surface area (TPSA) is 78.3 Å². The molecule has 0 saturated heterocycles. The van der Waals surface area contributed by atoms with Crippen molar-refractivity contribution in [2.24, 2.45) is 0 Å². The van der Waals surface area contributed by atoms with Gasteiger partial charge in [-0.05, 0) is 74.5 Å². The Morgan fingerprint density at radius 3 is 2.50 bits per heavy atom. The highest BCUT2D eigenvalue weighted by Crippen LogP contribution is 2.28. The summed E-state index contributed by atoms with van der Waals surface area (Å²) in [6.07, 6.45) is -0.774. The predicted octanol–water partition coefficient (Wildman–Crippen LogP) is 5.53. The van der Waals surface area contributed by atoms with Gasteiger partial charge in [-0.1, -0.05) is 23.2 Å². The quantitative estimate of drug-likeness (QED) is 0.384. The van der Waals surface area contributed by atoms with Gasteiger partial charge in [0.25, 0.3) is 5.91 Å². The summed E-state index contributed by atoms with van der Waals surface area (Å²) in [6, 6.07) is 17.7. The fraction of sp³-hybridized carbons (Fsp3) is 0.174. The van der Waals surface area contributed by atoms with Gasteiger partial charge in [-0.2, -0.15) is 4.80 Å². The number of nitrogens with zero attached hydrogens (tertiary/aromatic N) is 3. The Labute approximate surface area is 194 Å². The summed E-state index contributed by atoms with van der Waals surface area (Å²) in [5, 5.41) is 12.7. The van der Waals surface area contributed by atoms with E-state index >= 15 is 0 Å². The first-order chi connectivity index (χ1) is 15.4. The third-order valence-electron chi connectivity index (χ3n) is 4.59. The van der Waals surface area contributed by atoms with E-state index < -0.39 is 6.10 Å². The molecule has 1 N–H and O–H groups in total. The van der Waals surface area contributed by atoms with Crippen LogP contribution in [0.4, 0.5) is 5.69 Å². The van der Waals surface area contributed by atoms with Gasteiger partial charge in [0.1, 0.15) is 22.5 Å². The van der Waals surface area contributed by atoms with Crippen molar-refractivity contribution < 1.29 is 14.3 Å². The van der Waals surface area contributed by atoms with Crippen LogP contribution < -0.4 is 14.8 Å². The van der Waals surface area contributed by atoms with E-state index in [9.17, 15) is 4.79 Å². The lowest BCUT2D eigenvalue weighted by atomic mass is 10.2. The first-order valence-electron chi connectivity index (χ1n) is 9.96. The van der Waals surface area contributed by atoms with Crippen LogP contribution in [0.15, 0.2) is 60.7 Å². The third-order valence-corrected chi connectivity index (χ3v) is 5.12. The second-order valence-corrected chi connectivity index (χ2v) is 7.79. The lowest BCUT2D eigenvalue weighted by molar-refractivity contribution is -0.122. The zero-order chi connectivity index (χ0) is 22.7. The number of carbonyl (C=O) groups is 1. The van der Waals surface area contributed by atoms with Gasteiger partial charge in [0.2, 0.25) is 0 Å². The normalized spacial score (nSPS) is 11.9. The summed E-state index contributed by atoms with van der Waals surface area (Å²) < 4.78 is 11.1. The van der Waals surface area contributed by atoms with Crippen molar-refractivity contribution in [2.75, 3.05) is 11.9 Å². The Bertz CT molecular complexity index is 1260. The van der Waals surface area contributed by atoms with Crippen LogP contribution in [0.5, 0.6) is 11.5 Å². The second-order valence-electron chi connectivity index (χ2n) is 6.94. The molecule has 0 radical (unpaired) electrons. The molecule has 0 aliphatic rings. The number of carbonyl (C=O) groups excluding carboxylic acids is 1. The zero-order valence-corrected chi connectivity index (χ0v) is 18.9. The molecule has 1 amide bonds. The molecule has 7 nitrogen and oxygen atoms in total. The summed E-state index contributed by atoms with van der Waals surface area (Å²) in [7, 11) is 0. The molecule has 0 bridgehead atoms. The molecule has 1 aromatic heterocycles. The molecule has 1 heterocycles. The smallest absolute Gasteiger partial charge is 0.265 e.